The molecule has 1 aliphatic carbocycles. The van der Waals surface area contributed by atoms with E-state index in [4.69, 9.17) is 0 Å². The van der Waals surface area contributed by atoms with E-state index in [1.54, 1.807) is 4.57 Å². The van der Waals surface area contributed by atoms with E-state index < -0.39 is 0 Å². The third-order valence-electron chi connectivity index (χ3n) is 6.79. The second kappa shape index (κ2) is 9.65. The number of amides is 1. The molecule has 7 nitrogen and oxygen atoms in total. The molecule has 3 atom stereocenters. The topological polar surface area (TPSA) is 81.3 Å². The van der Waals surface area contributed by atoms with Crippen LogP contribution < -0.4 is 10.9 Å². The van der Waals surface area contributed by atoms with Crippen LogP contribution in [-0.2, 0) is 11.3 Å². The molecule has 3 unspecified atom stereocenters. The average molecular weight is 456 g/mol. The number of para-hydroxylation sites is 1. The molecule has 0 saturated heterocycles. The number of carbonyl (C=O) groups is 1. The summed E-state index contributed by atoms with van der Waals surface area (Å²) in [6, 6.07) is 7.78. The van der Waals surface area contributed by atoms with Crippen LogP contribution >= 0.6 is 11.8 Å². The number of rotatable bonds is 7. The molecule has 0 radical (unpaired) electrons. The van der Waals surface area contributed by atoms with Crippen LogP contribution in [0.5, 0.6) is 0 Å². The van der Waals surface area contributed by atoms with Crippen molar-refractivity contribution in [3.05, 3.63) is 34.6 Å². The Labute approximate surface area is 193 Å². The van der Waals surface area contributed by atoms with E-state index in [0.717, 1.165) is 24.8 Å². The molecule has 0 bridgehead atoms. The lowest BCUT2D eigenvalue weighted by Crippen LogP contribution is -2.44. The fourth-order valence-corrected chi connectivity index (χ4v) is 5.33. The molecule has 1 N–H and O–H groups in total. The lowest BCUT2D eigenvalue weighted by Gasteiger charge is -2.34. The van der Waals surface area contributed by atoms with Gasteiger partial charge in [0.15, 0.2) is 5.16 Å². The van der Waals surface area contributed by atoms with E-state index in [2.05, 4.69) is 43.2 Å². The van der Waals surface area contributed by atoms with Crippen LogP contribution in [0.3, 0.4) is 0 Å². The van der Waals surface area contributed by atoms with Crippen LogP contribution in [0.1, 0.15) is 53.4 Å². The second-order valence-electron chi connectivity index (χ2n) is 9.50. The SMILES string of the molecule is CC(C)CCn1c(=O)c2ccccc2n2c(SCC(=O)NC3CCCC(C)C3C)nnc12. The smallest absolute Gasteiger partial charge is 0.262 e. The molecule has 4 rings (SSSR count). The molecular formula is C24H33N5O2S. The fourth-order valence-electron chi connectivity index (χ4n) is 4.58. The number of nitrogens with zero attached hydrogens (tertiary/aromatic N) is 4. The van der Waals surface area contributed by atoms with Gasteiger partial charge in [-0.3, -0.25) is 18.6 Å². The van der Waals surface area contributed by atoms with Gasteiger partial charge in [-0.2, -0.15) is 0 Å². The summed E-state index contributed by atoms with van der Waals surface area (Å²) < 4.78 is 3.63. The monoisotopic (exact) mass is 455 g/mol. The molecule has 0 aliphatic heterocycles. The number of hydrogen-bond acceptors (Lipinski definition) is 5. The summed E-state index contributed by atoms with van der Waals surface area (Å²) in [5, 5.41) is 13.2. The summed E-state index contributed by atoms with van der Waals surface area (Å²) in [5.41, 5.74) is 0.729. The van der Waals surface area contributed by atoms with E-state index in [0.29, 0.717) is 40.6 Å². The van der Waals surface area contributed by atoms with Crippen LogP contribution in [-0.4, -0.2) is 36.9 Å². The first-order valence-electron chi connectivity index (χ1n) is 11.7. The lowest BCUT2D eigenvalue weighted by molar-refractivity contribution is -0.120. The van der Waals surface area contributed by atoms with Crippen molar-refractivity contribution < 1.29 is 4.79 Å². The first-order valence-corrected chi connectivity index (χ1v) is 12.6. The predicted molar refractivity (Wildman–Crippen MR) is 129 cm³/mol. The molecule has 8 heteroatoms. The highest BCUT2D eigenvalue weighted by molar-refractivity contribution is 7.99. The summed E-state index contributed by atoms with van der Waals surface area (Å²) >= 11 is 1.37. The van der Waals surface area contributed by atoms with Crippen LogP contribution in [0.25, 0.3) is 16.7 Å². The quantitative estimate of drug-likeness (QED) is 0.542. The zero-order valence-corrected chi connectivity index (χ0v) is 20.2. The second-order valence-corrected chi connectivity index (χ2v) is 10.4. The Balaban J connectivity index is 1.59. The maximum Gasteiger partial charge on any atom is 0.262 e. The van der Waals surface area contributed by atoms with Gasteiger partial charge in [-0.25, -0.2) is 0 Å². The molecule has 0 spiro atoms. The molecule has 3 aromatic rings. The standard InChI is InChI=1S/C24H33N5O2S/c1-15(2)12-13-28-22(31)18-9-5-6-11-20(18)29-23(28)26-27-24(29)32-14-21(30)25-19-10-7-8-16(3)17(19)4/h5-6,9,11,15-17,19H,7-8,10,12-14H2,1-4H3,(H,25,30). The minimum atomic E-state index is -0.0455. The van der Waals surface area contributed by atoms with E-state index in [1.165, 1.54) is 18.2 Å². The lowest BCUT2D eigenvalue weighted by atomic mass is 9.78. The number of nitrogens with one attached hydrogen (secondary N) is 1. The zero-order valence-electron chi connectivity index (χ0n) is 19.4. The van der Waals surface area contributed by atoms with Crippen molar-refractivity contribution in [1.29, 1.82) is 0 Å². The minimum absolute atomic E-state index is 0.0233. The van der Waals surface area contributed by atoms with Crippen molar-refractivity contribution in [2.75, 3.05) is 5.75 Å². The molecule has 2 aromatic heterocycles. The summed E-state index contributed by atoms with van der Waals surface area (Å²) in [6.07, 6.45) is 4.32. The van der Waals surface area contributed by atoms with Crippen LogP contribution in [0.4, 0.5) is 0 Å². The van der Waals surface area contributed by atoms with E-state index in [-0.39, 0.29) is 23.3 Å². The van der Waals surface area contributed by atoms with E-state index >= 15 is 0 Å². The maximum atomic E-state index is 13.1. The Morgan fingerprint density at radius 1 is 1.22 bits per heavy atom. The van der Waals surface area contributed by atoms with Gasteiger partial charge in [0, 0.05) is 12.6 Å². The van der Waals surface area contributed by atoms with Gasteiger partial charge in [0.25, 0.3) is 5.56 Å². The van der Waals surface area contributed by atoms with Crippen molar-refractivity contribution in [3.63, 3.8) is 0 Å². The minimum Gasteiger partial charge on any atom is -0.352 e. The number of benzene rings is 1. The van der Waals surface area contributed by atoms with Gasteiger partial charge in [0.05, 0.1) is 16.7 Å². The molecule has 32 heavy (non-hydrogen) atoms. The third kappa shape index (κ3) is 4.56. The molecule has 2 heterocycles. The third-order valence-corrected chi connectivity index (χ3v) is 7.72. The summed E-state index contributed by atoms with van der Waals surface area (Å²) in [7, 11) is 0. The van der Waals surface area contributed by atoms with Gasteiger partial charge >= 0.3 is 0 Å². The number of thioether (sulfide) groups is 1. The van der Waals surface area contributed by atoms with Crippen molar-refractivity contribution in [3.8, 4) is 0 Å². The first-order chi connectivity index (χ1) is 15.4. The molecule has 1 saturated carbocycles. The van der Waals surface area contributed by atoms with Crippen LogP contribution in [0, 0.1) is 17.8 Å². The maximum absolute atomic E-state index is 13.1. The highest BCUT2D eigenvalue weighted by atomic mass is 32.2. The number of hydrogen-bond donors (Lipinski definition) is 1. The van der Waals surface area contributed by atoms with Crippen molar-refractivity contribution in [2.45, 2.75) is 71.1 Å². The van der Waals surface area contributed by atoms with E-state index in [1.807, 2.05) is 28.7 Å². The molecule has 1 aliphatic rings. The predicted octanol–water partition coefficient (Wildman–Crippen LogP) is 4.12. The Hall–Kier alpha value is -2.35. The Morgan fingerprint density at radius 3 is 2.78 bits per heavy atom. The van der Waals surface area contributed by atoms with Crippen LogP contribution in [0.2, 0.25) is 0 Å². The number of aromatic nitrogens is 4. The highest BCUT2D eigenvalue weighted by Gasteiger charge is 2.28. The van der Waals surface area contributed by atoms with Gasteiger partial charge in [-0.1, -0.05) is 64.4 Å². The normalized spacial score (nSPS) is 21.5. The Kier molecular flexibility index (Phi) is 6.88. The Bertz CT molecular complexity index is 1170. The summed E-state index contributed by atoms with van der Waals surface area (Å²) in [5.74, 6) is 2.43. The number of aryl methyl sites for hydroxylation is 1. The van der Waals surface area contributed by atoms with Crippen molar-refractivity contribution in [2.24, 2.45) is 17.8 Å². The van der Waals surface area contributed by atoms with E-state index in [9.17, 15) is 9.59 Å². The van der Waals surface area contributed by atoms with Gasteiger partial charge in [0.1, 0.15) is 0 Å². The average Bonchev–Trinajstić information content (AvgIpc) is 3.19. The number of carbonyl (C=O) groups excluding carboxylic acids is 1. The fraction of sp³-hybridized carbons (Fsp3) is 0.583. The first kappa shape index (κ1) is 22.8. The molecule has 1 amide bonds. The van der Waals surface area contributed by atoms with Gasteiger partial charge in [-0.15, -0.1) is 10.2 Å². The Morgan fingerprint density at radius 2 is 2.00 bits per heavy atom. The molecule has 1 aromatic carbocycles. The summed E-state index contributed by atoms with van der Waals surface area (Å²) in [6.45, 7) is 9.37. The largest absolute Gasteiger partial charge is 0.352 e. The number of fused-ring (bicyclic) bond motifs is 3. The molecule has 1 fully saturated rings. The molecular weight excluding hydrogens is 422 g/mol. The van der Waals surface area contributed by atoms with Crippen molar-refractivity contribution in [1.82, 2.24) is 24.5 Å². The van der Waals surface area contributed by atoms with Crippen molar-refractivity contribution >= 4 is 34.3 Å². The van der Waals surface area contributed by atoms with Crippen LogP contribution in [0.15, 0.2) is 34.2 Å². The summed E-state index contributed by atoms with van der Waals surface area (Å²) in [4.78, 5) is 25.8. The highest BCUT2D eigenvalue weighted by Crippen LogP contribution is 2.29. The molecule has 172 valence electrons. The van der Waals surface area contributed by atoms with Gasteiger partial charge in [-0.05, 0) is 42.7 Å². The van der Waals surface area contributed by atoms with Gasteiger partial charge < -0.3 is 5.32 Å². The zero-order chi connectivity index (χ0) is 22.8. The van der Waals surface area contributed by atoms with Gasteiger partial charge in [0.2, 0.25) is 11.7 Å².